The second kappa shape index (κ2) is 7.09. The fourth-order valence-electron chi connectivity index (χ4n) is 2.63. The largest absolute Gasteiger partial charge is 0.504 e. The summed E-state index contributed by atoms with van der Waals surface area (Å²) in [6, 6.07) is 12.6. The topological polar surface area (TPSA) is 75.8 Å². The molecule has 0 radical (unpaired) electrons. The molecule has 6 heteroatoms. The Morgan fingerprint density at radius 1 is 1.32 bits per heavy atom. The van der Waals surface area contributed by atoms with Gasteiger partial charge in [0.2, 0.25) is 0 Å². The van der Waals surface area contributed by atoms with E-state index in [0.29, 0.717) is 23.5 Å². The Kier molecular flexibility index (Phi) is 4.70. The molecule has 0 fully saturated rings. The number of benzene rings is 2. The molecule has 2 aromatic carbocycles. The Morgan fingerprint density at radius 3 is 2.92 bits per heavy atom. The molecule has 6 nitrogen and oxygen atoms in total. The lowest BCUT2D eigenvalue weighted by molar-refractivity contribution is 0.0956. The Bertz CT molecular complexity index is 944. The van der Waals surface area contributed by atoms with Crippen LogP contribution in [0, 0.1) is 0 Å². The van der Waals surface area contributed by atoms with Gasteiger partial charge in [0.1, 0.15) is 0 Å². The molecule has 2 N–H and O–H groups in total. The molecule has 0 aliphatic heterocycles. The van der Waals surface area contributed by atoms with E-state index in [1.54, 1.807) is 18.3 Å². The molecule has 0 saturated heterocycles. The first-order valence-corrected chi connectivity index (χ1v) is 7.93. The number of aromatic hydroxyl groups is 1. The lowest BCUT2D eigenvalue weighted by atomic mass is 10.2. The number of hydrogen-bond donors (Lipinski definition) is 2. The SMILES string of the molecule is CCOc1cc(/C=N/NC(=O)c2cn(C)c3ccccc23)ccc1O. The molecular weight excluding hydrogens is 318 g/mol. The van der Waals surface area contributed by atoms with Crippen molar-refractivity contribution in [2.45, 2.75) is 6.92 Å². The average molecular weight is 337 g/mol. The van der Waals surface area contributed by atoms with Crippen LogP contribution in [0.1, 0.15) is 22.8 Å². The number of hydrazone groups is 1. The lowest BCUT2D eigenvalue weighted by Gasteiger charge is -2.06. The van der Waals surface area contributed by atoms with Crippen LogP contribution in [0.4, 0.5) is 0 Å². The number of para-hydroxylation sites is 1. The monoisotopic (exact) mass is 337 g/mol. The maximum atomic E-state index is 12.4. The fourth-order valence-corrected chi connectivity index (χ4v) is 2.63. The maximum absolute atomic E-state index is 12.4. The van der Waals surface area contributed by atoms with E-state index < -0.39 is 0 Å². The highest BCUT2D eigenvalue weighted by Gasteiger charge is 2.12. The highest BCUT2D eigenvalue weighted by Crippen LogP contribution is 2.26. The third kappa shape index (κ3) is 3.47. The predicted octanol–water partition coefficient (Wildman–Crippen LogP) is 3.05. The number of carbonyl (C=O) groups is 1. The van der Waals surface area contributed by atoms with Gasteiger partial charge in [0.25, 0.3) is 5.91 Å². The molecule has 0 atom stereocenters. The van der Waals surface area contributed by atoms with Gasteiger partial charge in [-0.25, -0.2) is 5.43 Å². The standard InChI is InChI=1S/C19H19N3O3/c1-3-25-18-10-13(8-9-17(18)23)11-20-21-19(24)15-12-22(2)16-7-5-4-6-14(15)16/h4-12,23H,3H2,1-2H3,(H,21,24)/b20-11+. The summed E-state index contributed by atoms with van der Waals surface area (Å²) in [7, 11) is 1.90. The van der Waals surface area contributed by atoms with E-state index >= 15 is 0 Å². The number of nitrogens with zero attached hydrogens (tertiary/aromatic N) is 2. The summed E-state index contributed by atoms with van der Waals surface area (Å²) in [5.74, 6) is 0.169. The van der Waals surface area contributed by atoms with Crippen molar-refractivity contribution in [3.05, 3.63) is 59.8 Å². The van der Waals surface area contributed by atoms with Gasteiger partial charge < -0.3 is 14.4 Å². The number of rotatable bonds is 5. The highest BCUT2D eigenvalue weighted by atomic mass is 16.5. The van der Waals surface area contributed by atoms with Gasteiger partial charge in [-0.05, 0) is 36.8 Å². The number of amides is 1. The summed E-state index contributed by atoms with van der Waals surface area (Å²) in [6.07, 6.45) is 3.29. The van der Waals surface area contributed by atoms with Crippen molar-refractivity contribution in [3.63, 3.8) is 0 Å². The van der Waals surface area contributed by atoms with E-state index in [-0.39, 0.29) is 11.7 Å². The Labute approximate surface area is 145 Å². The van der Waals surface area contributed by atoms with Crippen molar-refractivity contribution in [2.24, 2.45) is 12.1 Å². The summed E-state index contributed by atoms with van der Waals surface area (Å²) in [5, 5.41) is 14.6. The second-order valence-electron chi connectivity index (χ2n) is 5.53. The number of phenols is 1. The molecule has 0 aliphatic rings. The van der Waals surface area contributed by atoms with Crippen LogP contribution in [0.3, 0.4) is 0 Å². The van der Waals surface area contributed by atoms with Crippen LogP contribution in [-0.2, 0) is 7.05 Å². The Balaban J connectivity index is 1.75. The number of ether oxygens (including phenoxy) is 1. The van der Waals surface area contributed by atoms with Gasteiger partial charge in [-0.3, -0.25) is 4.79 Å². The Hall–Kier alpha value is -3.28. The molecule has 1 amide bonds. The van der Waals surface area contributed by atoms with Gasteiger partial charge in [0.05, 0.1) is 18.4 Å². The Morgan fingerprint density at radius 2 is 2.12 bits per heavy atom. The number of carbonyl (C=O) groups excluding carboxylic acids is 1. The van der Waals surface area contributed by atoms with E-state index in [1.807, 2.05) is 42.8 Å². The van der Waals surface area contributed by atoms with Gasteiger partial charge in [0.15, 0.2) is 11.5 Å². The van der Waals surface area contributed by atoms with Crippen molar-refractivity contribution < 1.29 is 14.6 Å². The van der Waals surface area contributed by atoms with Crippen LogP contribution in [0.5, 0.6) is 11.5 Å². The predicted molar refractivity (Wildman–Crippen MR) is 97.3 cm³/mol. The van der Waals surface area contributed by atoms with E-state index in [1.165, 1.54) is 12.3 Å². The second-order valence-corrected chi connectivity index (χ2v) is 5.53. The number of aryl methyl sites for hydroxylation is 1. The van der Waals surface area contributed by atoms with E-state index in [9.17, 15) is 9.90 Å². The van der Waals surface area contributed by atoms with Crippen LogP contribution in [0.15, 0.2) is 53.8 Å². The first-order chi connectivity index (χ1) is 12.1. The van der Waals surface area contributed by atoms with Gasteiger partial charge in [-0.1, -0.05) is 18.2 Å². The maximum Gasteiger partial charge on any atom is 0.273 e. The van der Waals surface area contributed by atoms with Gasteiger partial charge in [-0.15, -0.1) is 0 Å². The van der Waals surface area contributed by atoms with Crippen LogP contribution in [0.25, 0.3) is 10.9 Å². The van der Waals surface area contributed by atoms with Gasteiger partial charge in [-0.2, -0.15) is 5.10 Å². The number of aromatic nitrogens is 1. The van der Waals surface area contributed by atoms with Crippen molar-refractivity contribution in [1.29, 1.82) is 0 Å². The van der Waals surface area contributed by atoms with Crippen molar-refractivity contribution in [3.8, 4) is 11.5 Å². The minimum Gasteiger partial charge on any atom is -0.504 e. The average Bonchev–Trinajstić information content (AvgIpc) is 2.95. The zero-order chi connectivity index (χ0) is 17.8. The van der Waals surface area contributed by atoms with Crippen molar-refractivity contribution >= 4 is 23.0 Å². The fraction of sp³-hybridized carbons (Fsp3) is 0.158. The van der Waals surface area contributed by atoms with Crippen LogP contribution >= 0.6 is 0 Å². The van der Waals surface area contributed by atoms with E-state index in [2.05, 4.69) is 10.5 Å². The molecule has 3 rings (SSSR count). The summed E-state index contributed by atoms with van der Waals surface area (Å²) in [6.45, 7) is 2.29. The van der Waals surface area contributed by atoms with Crippen LogP contribution in [-0.4, -0.2) is 28.4 Å². The van der Waals surface area contributed by atoms with Gasteiger partial charge >= 0.3 is 0 Å². The summed E-state index contributed by atoms with van der Waals surface area (Å²) >= 11 is 0. The third-order valence-electron chi connectivity index (χ3n) is 3.81. The molecule has 0 bridgehead atoms. The van der Waals surface area contributed by atoms with Crippen LogP contribution < -0.4 is 10.2 Å². The normalized spacial score (nSPS) is 11.1. The van der Waals surface area contributed by atoms with Gasteiger partial charge in [0, 0.05) is 24.1 Å². The molecule has 128 valence electrons. The molecule has 0 spiro atoms. The number of fused-ring (bicyclic) bond motifs is 1. The number of nitrogens with one attached hydrogen (secondary N) is 1. The first-order valence-electron chi connectivity index (χ1n) is 7.93. The minimum atomic E-state index is -0.281. The molecule has 25 heavy (non-hydrogen) atoms. The zero-order valence-electron chi connectivity index (χ0n) is 14.1. The molecule has 3 aromatic rings. The van der Waals surface area contributed by atoms with E-state index in [4.69, 9.17) is 4.74 Å². The zero-order valence-corrected chi connectivity index (χ0v) is 14.1. The smallest absolute Gasteiger partial charge is 0.273 e. The van der Waals surface area contributed by atoms with E-state index in [0.717, 1.165) is 10.9 Å². The molecule has 1 aromatic heterocycles. The molecule has 0 saturated carbocycles. The number of hydrogen-bond acceptors (Lipinski definition) is 4. The minimum absolute atomic E-state index is 0.0683. The molecule has 1 heterocycles. The first kappa shape index (κ1) is 16.6. The van der Waals surface area contributed by atoms with Crippen molar-refractivity contribution in [2.75, 3.05) is 6.61 Å². The number of phenolic OH excluding ortho intramolecular Hbond substituents is 1. The van der Waals surface area contributed by atoms with Crippen LogP contribution in [0.2, 0.25) is 0 Å². The lowest BCUT2D eigenvalue weighted by Crippen LogP contribution is -2.17. The summed E-state index contributed by atoms with van der Waals surface area (Å²) in [5.41, 5.74) is 4.79. The molecular formula is C19H19N3O3. The summed E-state index contributed by atoms with van der Waals surface area (Å²) in [4.78, 5) is 12.4. The van der Waals surface area contributed by atoms with Crippen molar-refractivity contribution in [1.82, 2.24) is 9.99 Å². The third-order valence-corrected chi connectivity index (χ3v) is 3.81. The highest BCUT2D eigenvalue weighted by molar-refractivity contribution is 6.07. The molecule has 0 aliphatic carbocycles. The molecule has 0 unspecified atom stereocenters. The quantitative estimate of drug-likeness (QED) is 0.555. The summed E-state index contributed by atoms with van der Waals surface area (Å²) < 4.78 is 7.23.